The number of aromatic nitrogens is 1. The number of carbonyl (C=O) groups is 1. The van der Waals surface area contributed by atoms with E-state index in [2.05, 4.69) is 21.2 Å². The van der Waals surface area contributed by atoms with Gasteiger partial charge in [-0.15, -0.1) is 0 Å². The molecular weight excluding hydrogens is 262 g/mol. The highest BCUT2D eigenvalue weighted by Crippen LogP contribution is 2.08. The van der Waals surface area contributed by atoms with E-state index >= 15 is 0 Å². The maximum atomic E-state index is 11.6. The quantitative estimate of drug-likeness (QED) is 0.833. The van der Waals surface area contributed by atoms with Gasteiger partial charge in [0, 0.05) is 31.9 Å². The number of anilines is 1. The fourth-order valence-corrected chi connectivity index (χ4v) is 1.63. The SMILES string of the molecule is CNC(=O)CCn1cc(N)cc(Br)c1=O. The lowest BCUT2D eigenvalue weighted by Crippen LogP contribution is -2.25. The highest BCUT2D eigenvalue weighted by Gasteiger charge is 2.04. The summed E-state index contributed by atoms with van der Waals surface area (Å²) in [4.78, 5) is 22.5. The zero-order valence-corrected chi connectivity index (χ0v) is 9.87. The molecule has 0 aliphatic heterocycles. The van der Waals surface area contributed by atoms with E-state index < -0.39 is 0 Å². The van der Waals surface area contributed by atoms with Crippen molar-refractivity contribution >= 4 is 27.5 Å². The lowest BCUT2D eigenvalue weighted by molar-refractivity contribution is -0.120. The van der Waals surface area contributed by atoms with Gasteiger partial charge in [-0.05, 0) is 22.0 Å². The van der Waals surface area contributed by atoms with Crippen LogP contribution < -0.4 is 16.6 Å². The van der Waals surface area contributed by atoms with Crippen molar-refractivity contribution in [2.45, 2.75) is 13.0 Å². The molecule has 1 aromatic rings. The summed E-state index contributed by atoms with van der Waals surface area (Å²) >= 11 is 3.11. The topological polar surface area (TPSA) is 77.1 Å². The average molecular weight is 274 g/mol. The molecule has 1 rings (SSSR count). The van der Waals surface area contributed by atoms with Crippen LogP contribution in [0.3, 0.4) is 0 Å². The molecule has 1 amide bonds. The minimum Gasteiger partial charge on any atom is -0.398 e. The standard InChI is InChI=1S/C9H12BrN3O2/c1-12-8(14)2-3-13-5-6(11)4-7(10)9(13)15/h4-5H,2-3,11H2,1H3,(H,12,14). The Morgan fingerprint density at radius 2 is 2.33 bits per heavy atom. The summed E-state index contributed by atoms with van der Waals surface area (Å²) < 4.78 is 1.81. The first kappa shape index (κ1) is 11.8. The first-order valence-corrected chi connectivity index (χ1v) is 5.20. The van der Waals surface area contributed by atoms with Crippen LogP contribution in [0.4, 0.5) is 5.69 Å². The summed E-state index contributed by atoms with van der Waals surface area (Å²) in [5.41, 5.74) is 5.87. The molecule has 15 heavy (non-hydrogen) atoms. The van der Waals surface area contributed by atoms with Gasteiger partial charge in [0.1, 0.15) is 0 Å². The number of nitrogen functional groups attached to an aromatic ring is 1. The third-order valence-corrected chi connectivity index (χ3v) is 2.49. The number of nitrogens with two attached hydrogens (primary N) is 1. The number of pyridine rings is 1. The second-order valence-electron chi connectivity index (χ2n) is 3.04. The summed E-state index contributed by atoms with van der Waals surface area (Å²) in [6.07, 6.45) is 1.78. The van der Waals surface area contributed by atoms with Gasteiger partial charge in [-0.1, -0.05) is 0 Å². The first-order valence-electron chi connectivity index (χ1n) is 4.40. The van der Waals surface area contributed by atoms with Crippen molar-refractivity contribution in [1.29, 1.82) is 0 Å². The largest absolute Gasteiger partial charge is 0.398 e. The van der Waals surface area contributed by atoms with Gasteiger partial charge >= 0.3 is 0 Å². The van der Waals surface area contributed by atoms with Gasteiger partial charge in [-0.2, -0.15) is 0 Å². The molecule has 6 heteroatoms. The fourth-order valence-electron chi connectivity index (χ4n) is 1.13. The van der Waals surface area contributed by atoms with Gasteiger partial charge in [0.2, 0.25) is 5.91 Å². The molecule has 0 spiro atoms. The van der Waals surface area contributed by atoms with E-state index in [1.165, 1.54) is 10.8 Å². The number of nitrogens with one attached hydrogen (secondary N) is 1. The molecule has 1 heterocycles. The summed E-state index contributed by atoms with van der Waals surface area (Å²) in [6, 6.07) is 1.54. The molecule has 0 radical (unpaired) electrons. The Bertz CT molecular complexity index is 428. The molecule has 3 N–H and O–H groups in total. The van der Waals surface area contributed by atoms with Gasteiger partial charge < -0.3 is 15.6 Å². The minimum absolute atomic E-state index is 0.111. The molecule has 82 valence electrons. The number of halogens is 1. The number of aryl methyl sites for hydroxylation is 1. The highest BCUT2D eigenvalue weighted by atomic mass is 79.9. The number of carbonyl (C=O) groups excluding carboxylic acids is 1. The van der Waals surface area contributed by atoms with E-state index in [1.807, 2.05) is 0 Å². The zero-order chi connectivity index (χ0) is 11.4. The van der Waals surface area contributed by atoms with Gasteiger partial charge in [0.05, 0.1) is 4.47 Å². The Hall–Kier alpha value is -1.30. The maximum absolute atomic E-state index is 11.6. The Kier molecular flexibility index (Phi) is 3.90. The summed E-state index contributed by atoms with van der Waals surface area (Å²) in [7, 11) is 1.56. The van der Waals surface area contributed by atoms with E-state index in [1.54, 1.807) is 13.1 Å². The number of amides is 1. The van der Waals surface area contributed by atoms with Crippen molar-refractivity contribution < 1.29 is 4.79 Å². The lowest BCUT2D eigenvalue weighted by Gasteiger charge is -2.06. The predicted octanol–water partition coefficient (Wildman–Crippen LogP) is 0.329. The van der Waals surface area contributed by atoms with Crippen molar-refractivity contribution in [3.8, 4) is 0 Å². The van der Waals surface area contributed by atoms with Crippen LogP contribution in [0.25, 0.3) is 0 Å². The van der Waals surface area contributed by atoms with Crippen LogP contribution in [0.2, 0.25) is 0 Å². The van der Waals surface area contributed by atoms with Crippen LogP contribution >= 0.6 is 15.9 Å². The molecule has 0 aliphatic carbocycles. The molecule has 0 fully saturated rings. The zero-order valence-electron chi connectivity index (χ0n) is 8.29. The molecular formula is C9H12BrN3O2. The van der Waals surface area contributed by atoms with Gasteiger partial charge in [0.15, 0.2) is 0 Å². The molecule has 0 saturated heterocycles. The molecule has 5 nitrogen and oxygen atoms in total. The summed E-state index contributed by atoms with van der Waals surface area (Å²) in [5.74, 6) is -0.111. The predicted molar refractivity (Wildman–Crippen MR) is 61.5 cm³/mol. The third-order valence-electron chi connectivity index (χ3n) is 1.92. The van der Waals surface area contributed by atoms with Crippen LogP contribution in [0.1, 0.15) is 6.42 Å². The number of hydrogen-bond donors (Lipinski definition) is 2. The van der Waals surface area contributed by atoms with Crippen LogP contribution in [-0.4, -0.2) is 17.5 Å². The monoisotopic (exact) mass is 273 g/mol. The van der Waals surface area contributed by atoms with Crippen LogP contribution in [0.15, 0.2) is 21.5 Å². The number of hydrogen-bond acceptors (Lipinski definition) is 3. The maximum Gasteiger partial charge on any atom is 0.264 e. The molecule has 0 aliphatic rings. The minimum atomic E-state index is -0.187. The number of nitrogens with zero attached hydrogens (tertiary/aromatic N) is 1. The average Bonchev–Trinajstić information content (AvgIpc) is 2.20. The Balaban J connectivity index is 2.86. The molecule has 0 saturated carbocycles. The van der Waals surface area contributed by atoms with Crippen molar-refractivity contribution in [3.05, 3.63) is 27.1 Å². The highest BCUT2D eigenvalue weighted by molar-refractivity contribution is 9.10. The Morgan fingerprint density at radius 3 is 2.93 bits per heavy atom. The van der Waals surface area contributed by atoms with Crippen molar-refractivity contribution in [1.82, 2.24) is 9.88 Å². The normalized spacial score (nSPS) is 10.0. The Labute approximate surface area is 95.4 Å². The smallest absolute Gasteiger partial charge is 0.264 e. The van der Waals surface area contributed by atoms with E-state index in [0.29, 0.717) is 16.7 Å². The second-order valence-corrected chi connectivity index (χ2v) is 3.90. The summed E-state index contributed by atoms with van der Waals surface area (Å²) in [6.45, 7) is 0.322. The molecule has 1 aromatic heterocycles. The molecule has 0 unspecified atom stereocenters. The second kappa shape index (κ2) is 4.97. The fraction of sp³-hybridized carbons (Fsp3) is 0.333. The van der Waals surface area contributed by atoms with Crippen molar-refractivity contribution in [2.75, 3.05) is 12.8 Å². The van der Waals surface area contributed by atoms with Crippen molar-refractivity contribution in [3.63, 3.8) is 0 Å². The van der Waals surface area contributed by atoms with E-state index in [0.717, 1.165) is 0 Å². The van der Waals surface area contributed by atoms with Gasteiger partial charge in [-0.25, -0.2) is 0 Å². The van der Waals surface area contributed by atoms with E-state index in [4.69, 9.17) is 5.73 Å². The van der Waals surface area contributed by atoms with E-state index in [9.17, 15) is 9.59 Å². The lowest BCUT2D eigenvalue weighted by atomic mass is 10.3. The molecule has 0 atom stereocenters. The molecule has 0 bridgehead atoms. The summed E-state index contributed by atoms with van der Waals surface area (Å²) in [5, 5.41) is 2.49. The Morgan fingerprint density at radius 1 is 1.67 bits per heavy atom. The number of rotatable bonds is 3. The van der Waals surface area contributed by atoms with Crippen LogP contribution in [-0.2, 0) is 11.3 Å². The van der Waals surface area contributed by atoms with E-state index in [-0.39, 0.29) is 17.9 Å². The van der Waals surface area contributed by atoms with Crippen LogP contribution in [0.5, 0.6) is 0 Å². The first-order chi connectivity index (χ1) is 7.04. The third kappa shape index (κ3) is 3.09. The van der Waals surface area contributed by atoms with Crippen LogP contribution in [0, 0.1) is 0 Å². The molecule has 0 aromatic carbocycles. The van der Waals surface area contributed by atoms with Gasteiger partial charge in [0.25, 0.3) is 5.56 Å². The van der Waals surface area contributed by atoms with Crippen molar-refractivity contribution in [2.24, 2.45) is 0 Å². The van der Waals surface area contributed by atoms with Gasteiger partial charge in [-0.3, -0.25) is 9.59 Å².